The van der Waals surface area contributed by atoms with Crippen LogP contribution in [0.1, 0.15) is 45.5 Å². The molecule has 4 saturated carbocycles. The summed E-state index contributed by atoms with van der Waals surface area (Å²) in [6.45, 7) is 0. The summed E-state index contributed by atoms with van der Waals surface area (Å²) in [4.78, 5) is 16.2. The smallest absolute Gasteiger partial charge is 0.167 e. The van der Waals surface area contributed by atoms with Crippen LogP contribution in [0, 0.1) is 17.8 Å². The van der Waals surface area contributed by atoms with E-state index in [2.05, 4.69) is 121 Å². The van der Waals surface area contributed by atoms with Gasteiger partial charge in [0.05, 0.1) is 6.93 Å². The second-order valence-corrected chi connectivity index (χ2v) is 17.4. The predicted octanol–water partition coefficient (Wildman–Crippen LogP) is 14.2. The van der Waals surface area contributed by atoms with Crippen molar-refractivity contribution in [2.45, 2.75) is 43.9 Å². The number of aromatic nitrogens is 3. The molecule has 59 heavy (non-hydrogen) atoms. The lowest BCUT2D eigenvalue weighted by Crippen LogP contribution is -2.48. The molecule has 0 atom stereocenters. The zero-order chi connectivity index (χ0) is 39.8. The van der Waals surface area contributed by atoms with Gasteiger partial charge in [-0.2, -0.15) is 0 Å². The summed E-state index contributed by atoms with van der Waals surface area (Å²) < 4.78 is 14.9. The summed E-state index contributed by atoms with van der Waals surface area (Å²) in [5, 5.41) is 2.03. The van der Waals surface area contributed by atoms with E-state index in [4.69, 9.17) is 20.7 Å². The summed E-state index contributed by atoms with van der Waals surface area (Å²) in [6, 6.07) is 57.7. The van der Waals surface area contributed by atoms with Crippen LogP contribution in [0.3, 0.4) is 0 Å². The number of nitrogens with zero attached hydrogens (tertiary/aromatic N) is 3. The normalized spacial score (nSPS) is 20.9. The van der Waals surface area contributed by atoms with Gasteiger partial charge in [0, 0.05) is 21.9 Å². The molecule has 0 saturated heterocycles. The molecule has 284 valence electrons. The summed E-state index contributed by atoms with van der Waals surface area (Å²) >= 11 is 0. The number of fused-ring (bicyclic) bond motifs is 3. The Kier molecular flexibility index (Phi) is 7.76. The van der Waals surface area contributed by atoms with Crippen molar-refractivity contribution in [3.8, 4) is 67.5 Å². The van der Waals surface area contributed by atoms with Crippen molar-refractivity contribution in [3.05, 3.63) is 175 Å². The highest BCUT2D eigenvalue weighted by Crippen LogP contribution is 2.61. The van der Waals surface area contributed by atoms with Crippen molar-refractivity contribution in [1.29, 1.82) is 0 Å². The summed E-state index contributed by atoms with van der Waals surface area (Å²) in [6.07, 6.45) is 8.01. The van der Waals surface area contributed by atoms with Gasteiger partial charge in [0.25, 0.3) is 0 Å². The summed E-state index contributed by atoms with van der Waals surface area (Å²) in [7, 11) is 0. The maximum Gasteiger partial charge on any atom is 0.167 e. The van der Waals surface area contributed by atoms with Crippen LogP contribution in [0.5, 0.6) is 0 Å². The van der Waals surface area contributed by atoms with Gasteiger partial charge in [-0.1, -0.05) is 133 Å². The maximum absolute atomic E-state index is 8.18. The Morgan fingerprint density at radius 3 is 1.68 bits per heavy atom. The highest BCUT2D eigenvalue weighted by molar-refractivity contribution is 6.11. The molecule has 4 aliphatic rings. The second-order valence-electron chi connectivity index (χ2n) is 17.4. The molecule has 0 amide bonds. The minimum Gasteiger partial charge on any atom is -0.455 e. The van der Waals surface area contributed by atoms with Crippen LogP contribution in [-0.2, 0) is 5.41 Å². The zero-order valence-corrected chi connectivity index (χ0v) is 32.8. The van der Waals surface area contributed by atoms with E-state index in [1.54, 1.807) is 0 Å². The Hall–Kier alpha value is -6.65. The van der Waals surface area contributed by atoms with Gasteiger partial charge in [-0.15, -0.1) is 0 Å². The molecular weight excluding hydrogens is 719 g/mol. The van der Waals surface area contributed by atoms with E-state index in [9.17, 15) is 0 Å². The summed E-state index contributed by atoms with van der Waals surface area (Å²) in [5.74, 6) is 4.29. The second kappa shape index (κ2) is 13.7. The molecular formula is C55H43N3O. The minimum atomic E-state index is 0.181. The number of hydrogen-bond donors (Lipinski definition) is 0. The molecule has 9 aromatic rings. The topological polar surface area (TPSA) is 51.8 Å². The number of hydrogen-bond acceptors (Lipinski definition) is 4. The van der Waals surface area contributed by atoms with Gasteiger partial charge in [0.1, 0.15) is 11.2 Å². The molecule has 4 heteroatoms. The van der Waals surface area contributed by atoms with Crippen LogP contribution in [-0.4, -0.2) is 15.0 Å². The fraction of sp³-hybridized carbons (Fsp3) is 0.182. The maximum atomic E-state index is 8.18. The molecule has 0 N–H and O–H groups in total. The molecule has 7 aromatic carbocycles. The van der Waals surface area contributed by atoms with Crippen molar-refractivity contribution < 1.29 is 5.79 Å². The van der Waals surface area contributed by atoms with Crippen LogP contribution >= 0.6 is 0 Å². The first kappa shape index (κ1) is 33.3. The van der Waals surface area contributed by atoms with E-state index in [1.807, 2.05) is 42.5 Å². The molecule has 2 heterocycles. The van der Waals surface area contributed by atoms with Gasteiger partial charge in [-0.25, -0.2) is 15.0 Å². The molecule has 4 nitrogen and oxygen atoms in total. The van der Waals surface area contributed by atoms with Gasteiger partial charge < -0.3 is 4.42 Å². The Balaban J connectivity index is 1.11. The van der Waals surface area contributed by atoms with Gasteiger partial charge in [0.15, 0.2) is 17.5 Å². The lowest BCUT2D eigenvalue weighted by atomic mass is 9.48. The number of benzene rings is 7. The molecule has 2 aromatic heterocycles. The van der Waals surface area contributed by atoms with E-state index in [-0.39, 0.29) is 5.41 Å². The highest BCUT2D eigenvalue weighted by atomic mass is 16.3. The van der Waals surface area contributed by atoms with Crippen molar-refractivity contribution in [3.63, 3.8) is 0 Å². The molecule has 0 aliphatic heterocycles. The first-order valence-electron chi connectivity index (χ1n) is 21.7. The first-order chi connectivity index (χ1) is 29.5. The van der Waals surface area contributed by atoms with Gasteiger partial charge in [-0.05, 0) is 137 Å². The van der Waals surface area contributed by atoms with E-state index < -0.39 is 0 Å². The Morgan fingerprint density at radius 1 is 0.441 bits per heavy atom. The highest BCUT2D eigenvalue weighted by Gasteiger charge is 2.51. The van der Waals surface area contributed by atoms with E-state index in [0.29, 0.717) is 23.5 Å². The molecule has 13 rings (SSSR count). The standard InChI is InChI=1S/C55H43N3O/c1-4-13-38(14-5-1)41-19-12-20-42(26-41)52-56-53(45-27-43(39-15-6-2-7-16-39)28-46(29-45)55-32-35-23-36(33-55)25-37(24-35)34-55)58-54(57-52)49-31-44(40-17-8-3-9-18-40)30-48-47-21-10-11-22-50(47)59-51(48)49/h1-22,26-31,35-37H,23-25,32-34H2/i3D. The third-order valence-corrected chi connectivity index (χ3v) is 13.6. The van der Waals surface area contributed by atoms with E-state index in [0.717, 1.165) is 78.6 Å². The number of furan rings is 1. The Bertz CT molecular complexity index is 3050. The fourth-order valence-corrected chi connectivity index (χ4v) is 11.3. The van der Waals surface area contributed by atoms with Crippen LogP contribution in [0.15, 0.2) is 174 Å². The monoisotopic (exact) mass is 762 g/mol. The van der Waals surface area contributed by atoms with Crippen molar-refractivity contribution >= 4 is 21.9 Å². The first-order valence-corrected chi connectivity index (χ1v) is 21.2. The molecule has 0 radical (unpaired) electrons. The molecule has 4 bridgehead atoms. The average molecular weight is 763 g/mol. The van der Waals surface area contributed by atoms with Crippen molar-refractivity contribution in [2.75, 3.05) is 0 Å². The fourth-order valence-electron chi connectivity index (χ4n) is 11.3. The SMILES string of the molecule is [2H]c1ccc(-c2cc(-c3nc(-c4cccc(-c5ccccc5)c4)nc(-c4cc(-c5ccccc5)cc(C56CC7CC(CC(C7)C5)C6)c4)n3)c3oc4ccccc4c3c2)cc1. The Labute approximate surface area is 346 Å². The van der Waals surface area contributed by atoms with Gasteiger partial charge in [0.2, 0.25) is 0 Å². The van der Waals surface area contributed by atoms with Crippen LogP contribution < -0.4 is 0 Å². The zero-order valence-electron chi connectivity index (χ0n) is 33.8. The molecule has 0 unspecified atom stereocenters. The number of rotatable bonds is 7. The molecule has 0 spiro atoms. The molecule has 4 aliphatic carbocycles. The van der Waals surface area contributed by atoms with Crippen LogP contribution in [0.2, 0.25) is 0 Å². The Morgan fingerprint density at radius 2 is 0.966 bits per heavy atom. The largest absolute Gasteiger partial charge is 0.455 e. The van der Waals surface area contributed by atoms with Crippen LogP contribution in [0.25, 0.3) is 89.5 Å². The summed E-state index contributed by atoms with van der Waals surface area (Å²) in [5.41, 5.74) is 12.6. The third-order valence-electron chi connectivity index (χ3n) is 13.6. The van der Waals surface area contributed by atoms with E-state index in [1.165, 1.54) is 55.2 Å². The molecule has 4 fully saturated rings. The van der Waals surface area contributed by atoms with Gasteiger partial charge >= 0.3 is 0 Å². The van der Waals surface area contributed by atoms with E-state index >= 15 is 0 Å². The minimum absolute atomic E-state index is 0.181. The number of para-hydroxylation sites is 1. The predicted molar refractivity (Wildman–Crippen MR) is 240 cm³/mol. The third kappa shape index (κ3) is 6.09. The lowest BCUT2D eigenvalue weighted by Gasteiger charge is -2.57. The quantitative estimate of drug-likeness (QED) is 0.162. The van der Waals surface area contributed by atoms with Crippen LogP contribution in [0.4, 0.5) is 0 Å². The van der Waals surface area contributed by atoms with Crippen molar-refractivity contribution in [2.24, 2.45) is 17.8 Å². The van der Waals surface area contributed by atoms with Gasteiger partial charge in [-0.3, -0.25) is 0 Å². The average Bonchev–Trinajstić information content (AvgIpc) is 3.67. The lowest BCUT2D eigenvalue weighted by molar-refractivity contribution is -0.00515. The van der Waals surface area contributed by atoms with Crippen molar-refractivity contribution in [1.82, 2.24) is 15.0 Å².